The van der Waals surface area contributed by atoms with Gasteiger partial charge >= 0.3 is 0 Å². The van der Waals surface area contributed by atoms with Gasteiger partial charge < -0.3 is 0 Å². The summed E-state index contributed by atoms with van der Waals surface area (Å²) in [4.78, 5) is 9.69. The molecule has 0 amide bonds. The molecule has 0 spiro atoms. The smallest absolute Gasteiger partial charge is 0.230 e. The molecule has 1 rings (SSSR count). The second-order valence-corrected chi connectivity index (χ2v) is 2.99. The first-order chi connectivity index (χ1) is 5.61. The Hall–Kier alpha value is -0.800. The zero-order valence-corrected chi connectivity index (χ0v) is 7.47. The van der Waals surface area contributed by atoms with Crippen molar-refractivity contribution in [1.82, 2.24) is 0 Å². The third kappa shape index (κ3) is 2.09. The lowest BCUT2D eigenvalue weighted by atomic mass is 10.2. The van der Waals surface area contributed by atoms with Gasteiger partial charge in [-0.1, -0.05) is 35.3 Å². The van der Waals surface area contributed by atoms with E-state index < -0.39 is 4.92 Å². The number of hydrogen-bond acceptors (Lipinski definition) is 2. The molecule has 0 atom stereocenters. The Bertz CT molecular complexity index is 314. The van der Waals surface area contributed by atoms with E-state index >= 15 is 0 Å². The van der Waals surface area contributed by atoms with Crippen LogP contribution in [0.5, 0.6) is 0 Å². The van der Waals surface area contributed by atoms with Crippen LogP contribution in [0.25, 0.3) is 0 Å². The maximum atomic E-state index is 10.1. The Balaban J connectivity index is 3.00. The third-order valence-corrected chi connectivity index (χ3v) is 2.19. The highest BCUT2D eigenvalue weighted by molar-refractivity contribution is 6.42. The van der Waals surface area contributed by atoms with E-state index in [0.717, 1.165) is 0 Å². The maximum absolute atomic E-state index is 10.1. The number of rotatable bonds is 2. The van der Waals surface area contributed by atoms with Crippen LogP contribution in [-0.2, 0) is 6.54 Å². The molecule has 0 bridgehead atoms. The number of nitro groups is 1. The van der Waals surface area contributed by atoms with Crippen molar-refractivity contribution >= 4 is 23.2 Å². The lowest BCUT2D eigenvalue weighted by Crippen LogP contribution is -1.98. The van der Waals surface area contributed by atoms with Gasteiger partial charge in [0, 0.05) is 10.5 Å². The molecular weight excluding hydrogens is 201 g/mol. The fourth-order valence-corrected chi connectivity index (χ4v) is 1.19. The average Bonchev–Trinajstić information content (AvgIpc) is 1.98. The zero-order chi connectivity index (χ0) is 9.14. The van der Waals surface area contributed by atoms with E-state index in [-0.39, 0.29) is 11.6 Å². The van der Waals surface area contributed by atoms with Crippen molar-refractivity contribution in [3.05, 3.63) is 43.9 Å². The molecule has 0 aromatic heterocycles. The Morgan fingerprint density at radius 2 is 2.08 bits per heavy atom. The molecule has 0 radical (unpaired) electrons. The van der Waals surface area contributed by atoms with E-state index in [1.165, 1.54) is 0 Å². The standard InChI is InChI=1S/C7H5Cl2NO2/c8-6-3-1-2-5(7(6)9)4-10(11)12/h1-3H,4H2. The summed E-state index contributed by atoms with van der Waals surface area (Å²) in [7, 11) is 0. The van der Waals surface area contributed by atoms with E-state index in [9.17, 15) is 10.1 Å². The predicted octanol–water partition coefficient (Wildman–Crippen LogP) is 2.77. The molecular formula is C7H5Cl2NO2. The highest BCUT2D eigenvalue weighted by atomic mass is 35.5. The van der Waals surface area contributed by atoms with E-state index in [0.29, 0.717) is 10.6 Å². The highest BCUT2D eigenvalue weighted by Crippen LogP contribution is 2.25. The van der Waals surface area contributed by atoms with Crippen LogP contribution < -0.4 is 0 Å². The zero-order valence-electron chi connectivity index (χ0n) is 5.96. The van der Waals surface area contributed by atoms with Crippen LogP contribution in [0.15, 0.2) is 18.2 Å². The average molecular weight is 206 g/mol. The molecule has 0 saturated carbocycles. The van der Waals surface area contributed by atoms with Crippen molar-refractivity contribution in [2.75, 3.05) is 0 Å². The fraction of sp³-hybridized carbons (Fsp3) is 0.143. The Labute approximate surface area is 79.1 Å². The van der Waals surface area contributed by atoms with Gasteiger partial charge in [0.2, 0.25) is 6.54 Å². The summed E-state index contributed by atoms with van der Waals surface area (Å²) in [5.41, 5.74) is 0.439. The molecule has 0 saturated heterocycles. The topological polar surface area (TPSA) is 43.1 Å². The van der Waals surface area contributed by atoms with Crippen LogP contribution in [0.3, 0.4) is 0 Å². The first-order valence-corrected chi connectivity index (χ1v) is 3.91. The van der Waals surface area contributed by atoms with Gasteiger partial charge in [-0.3, -0.25) is 10.1 Å². The summed E-state index contributed by atoms with van der Waals surface area (Å²) < 4.78 is 0. The molecule has 64 valence electrons. The van der Waals surface area contributed by atoms with Gasteiger partial charge in [-0.15, -0.1) is 0 Å². The molecule has 0 fully saturated rings. The molecule has 0 N–H and O–H groups in total. The van der Waals surface area contributed by atoms with Gasteiger partial charge in [0.15, 0.2) is 0 Å². The molecule has 3 nitrogen and oxygen atoms in total. The van der Waals surface area contributed by atoms with Crippen molar-refractivity contribution in [2.45, 2.75) is 6.54 Å². The summed E-state index contributed by atoms with van der Waals surface area (Å²) >= 11 is 11.3. The molecule has 1 aromatic carbocycles. The Morgan fingerprint density at radius 1 is 1.42 bits per heavy atom. The second-order valence-electron chi connectivity index (χ2n) is 2.20. The van der Waals surface area contributed by atoms with Crippen LogP contribution in [0.2, 0.25) is 10.0 Å². The quantitative estimate of drug-likeness (QED) is 0.551. The lowest BCUT2D eigenvalue weighted by molar-refractivity contribution is -0.496. The minimum absolute atomic E-state index is 0.260. The van der Waals surface area contributed by atoms with E-state index in [2.05, 4.69) is 0 Å². The SMILES string of the molecule is O=[N+]([O-])Cc1cccc(Cl)c1Cl. The maximum Gasteiger partial charge on any atom is 0.230 e. The van der Waals surface area contributed by atoms with Crippen LogP contribution in [0, 0.1) is 10.1 Å². The monoisotopic (exact) mass is 205 g/mol. The molecule has 0 aliphatic heterocycles. The highest BCUT2D eigenvalue weighted by Gasteiger charge is 2.08. The van der Waals surface area contributed by atoms with Crippen LogP contribution >= 0.6 is 23.2 Å². The van der Waals surface area contributed by atoms with Crippen molar-refractivity contribution in [3.63, 3.8) is 0 Å². The first-order valence-electron chi connectivity index (χ1n) is 3.16. The van der Waals surface area contributed by atoms with Crippen molar-refractivity contribution in [1.29, 1.82) is 0 Å². The van der Waals surface area contributed by atoms with Crippen molar-refractivity contribution in [2.24, 2.45) is 0 Å². The van der Waals surface area contributed by atoms with Gasteiger partial charge in [-0.2, -0.15) is 0 Å². The van der Waals surface area contributed by atoms with Gasteiger partial charge in [-0.25, -0.2) is 0 Å². The number of halogens is 2. The normalized spacial score (nSPS) is 9.83. The summed E-state index contributed by atoms with van der Waals surface area (Å²) in [6.45, 7) is -0.292. The summed E-state index contributed by atoms with van der Waals surface area (Å²) in [5.74, 6) is 0. The van der Waals surface area contributed by atoms with Crippen LogP contribution in [0.1, 0.15) is 5.56 Å². The fourth-order valence-electron chi connectivity index (χ4n) is 0.810. The Morgan fingerprint density at radius 3 is 2.67 bits per heavy atom. The summed E-state index contributed by atoms with van der Waals surface area (Å²) in [6.07, 6.45) is 0. The van der Waals surface area contributed by atoms with Gasteiger partial charge in [0.1, 0.15) is 0 Å². The van der Waals surface area contributed by atoms with Gasteiger partial charge in [0.25, 0.3) is 0 Å². The molecule has 0 unspecified atom stereocenters. The molecule has 0 heterocycles. The molecule has 12 heavy (non-hydrogen) atoms. The lowest BCUT2D eigenvalue weighted by Gasteiger charge is -1.99. The molecule has 1 aromatic rings. The Kier molecular flexibility index (Phi) is 2.89. The van der Waals surface area contributed by atoms with E-state index in [1.807, 2.05) is 0 Å². The minimum atomic E-state index is -0.447. The number of hydrogen-bond donors (Lipinski definition) is 0. The van der Waals surface area contributed by atoms with Gasteiger partial charge in [0.05, 0.1) is 10.0 Å². The van der Waals surface area contributed by atoms with E-state index in [4.69, 9.17) is 23.2 Å². The van der Waals surface area contributed by atoms with Crippen molar-refractivity contribution in [3.8, 4) is 0 Å². The van der Waals surface area contributed by atoms with Crippen LogP contribution in [-0.4, -0.2) is 4.92 Å². The van der Waals surface area contributed by atoms with E-state index in [1.54, 1.807) is 18.2 Å². The van der Waals surface area contributed by atoms with Gasteiger partial charge in [-0.05, 0) is 6.07 Å². The largest absolute Gasteiger partial charge is 0.264 e. The number of nitrogens with zero attached hydrogens (tertiary/aromatic N) is 1. The summed E-state index contributed by atoms with van der Waals surface area (Å²) in [6, 6.07) is 4.80. The van der Waals surface area contributed by atoms with Crippen molar-refractivity contribution < 1.29 is 4.92 Å². The predicted molar refractivity (Wildman–Crippen MR) is 47.2 cm³/mol. The molecule has 0 aliphatic rings. The summed E-state index contributed by atoms with van der Waals surface area (Å²) in [5, 5.41) is 10.7. The molecule has 5 heteroatoms. The minimum Gasteiger partial charge on any atom is -0.264 e. The number of benzene rings is 1. The molecule has 0 aliphatic carbocycles. The second kappa shape index (κ2) is 3.74. The third-order valence-electron chi connectivity index (χ3n) is 1.33. The first kappa shape index (κ1) is 9.29. The van der Waals surface area contributed by atoms with Crippen LogP contribution in [0.4, 0.5) is 0 Å².